The first kappa shape index (κ1) is 11.6. The highest BCUT2D eigenvalue weighted by atomic mass is 16.3. The Labute approximate surface area is 99.1 Å². The maximum atomic E-state index is 11.9. The Hall–Kier alpha value is -1.88. The first-order valence-corrected chi connectivity index (χ1v) is 5.47. The fourth-order valence-electron chi connectivity index (χ4n) is 1.71. The summed E-state index contributed by atoms with van der Waals surface area (Å²) in [6.07, 6.45) is -0.561. The Kier molecular flexibility index (Phi) is 3.10. The molecule has 0 saturated carbocycles. The maximum absolute atomic E-state index is 11.9. The van der Waals surface area contributed by atoms with Crippen LogP contribution in [-0.2, 0) is 7.05 Å². The molecule has 1 amide bonds. The molecular weight excluding hydrogens is 218 g/mol. The van der Waals surface area contributed by atoms with E-state index in [4.69, 9.17) is 5.11 Å². The number of carbonyl (C=O) groups excluding carboxylic acids is 1. The Balaban J connectivity index is 2.32. The molecule has 1 heterocycles. The van der Waals surface area contributed by atoms with E-state index < -0.39 is 6.10 Å². The second kappa shape index (κ2) is 4.55. The van der Waals surface area contributed by atoms with Crippen molar-refractivity contribution >= 4 is 16.8 Å². The number of fused-ring (bicyclic) bond motifs is 1. The average Bonchev–Trinajstić information content (AvgIpc) is 2.65. The SMILES string of the molecule is C[C@@H](O)CNC(=O)c1nn(C)c2ccccc12. The van der Waals surface area contributed by atoms with Crippen LogP contribution in [0.3, 0.4) is 0 Å². The van der Waals surface area contributed by atoms with Gasteiger partial charge >= 0.3 is 0 Å². The van der Waals surface area contributed by atoms with Gasteiger partial charge in [-0.15, -0.1) is 0 Å². The molecule has 5 nitrogen and oxygen atoms in total. The van der Waals surface area contributed by atoms with Gasteiger partial charge in [-0.25, -0.2) is 0 Å². The molecule has 0 aliphatic heterocycles. The molecule has 5 heteroatoms. The number of hydrogen-bond donors (Lipinski definition) is 2. The van der Waals surface area contributed by atoms with E-state index in [-0.39, 0.29) is 12.5 Å². The van der Waals surface area contributed by atoms with Gasteiger partial charge in [0.1, 0.15) is 0 Å². The summed E-state index contributed by atoms with van der Waals surface area (Å²) in [7, 11) is 1.80. The lowest BCUT2D eigenvalue weighted by Crippen LogP contribution is -2.31. The van der Waals surface area contributed by atoms with Crippen molar-refractivity contribution in [2.45, 2.75) is 13.0 Å². The summed E-state index contributed by atoms with van der Waals surface area (Å²) in [6.45, 7) is 1.85. The third kappa shape index (κ3) is 2.29. The molecule has 1 atom stereocenters. The fraction of sp³-hybridized carbons (Fsp3) is 0.333. The lowest BCUT2D eigenvalue weighted by molar-refractivity contribution is 0.0920. The molecule has 17 heavy (non-hydrogen) atoms. The molecule has 90 valence electrons. The van der Waals surface area contributed by atoms with Crippen molar-refractivity contribution in [3.8, 4) is 0 Å². The smallest absolute Gasteiger partial charge is 0.272 e. The van der Waals surface area contributed by atoms with Gasteiger partial charge in [0.2, 0.25) is 0 Å². The number of para-hydroxylation sites is 1. The number of aliphatic hydroxyl groups is 1. The van der Waals surface area contributed by atoms with E-state index in [9.17, 15) is 4.79 Å². The maximum Gasteiger partial charge on any atom is 0.272 e. The minimum Gasteiger partial charge on any atom is -0.392 e. The van der Waals surface area contributed by atoms with Crippen LogP contribution in [-0.4, -0.2) is 33.4 Å². The highest BCUT2D eigenvalue weighted by Gasteiger charge is 2.15. The molecule has 1 aromatic heterocycles. The molecule has 0 spiro atoms. The first-order chi connectivity index (χ1) is 8.09. The molecule has 0 unspecified atom stereocenters. The van der Waals surface area contributed by atoms with Crippen LogP contribution < -0.4 is 5.32 Å². The van der Waals surface area contributed by atoms with Gasteiger partial charge in [-0.3, -0.25) is 9.48 Å². The van der Waals surface area contributed by atoms with E-state index in [1.54, 1.807) is 18.7 Å². The zero-order valence-corrected chi connectivity index (χ0v) is 9.84. The summed E-state index contributed by atoms with van der Waals surface area (Å²) < 4.78 is 1.67. The van der Waals surface area contributed by atoms with Gasteiger partial charge in [0.15, 0.2) is 5.69 Å². The van der Waals surface area contributed by atoms with Crippen molar-refractivity contribution < 1.29 is 9.90 Å². The zero-order valence-electron chi connectivity index (χ0n) is 9.84. The van der Waals surface area contributed by atoms with Crippen LogP contribution in [0.25, 0.3) is 10.9 Å². The fourth-order valence-corrected chi connectivity index (χ4v) is 1.71. The van der Waals surface area contributed by atoms with Gasteiger partial charge < -0.3 is 10.4 Å². The molecule has 2 N–H and O–H groups in total. The third-order valence-electron chi connectivity index (χ3n) is 2.53. The topological polar surface area (TPSA) is 67.2 Å². The molecular formula is C12H15N3O2. The number of aryl methyl sites for hydroxylation is 1. The molecule has 2 rings (SSSR count). The highest BCUT2D eigenvalue weighted by Crippen LogP contribution is 2.16. The normalized spacial score (nSPS) is 12.6. The summed E-state index contributed by atoms with van der Waals surface area (Å²) in [4.78, 5) is 11.9. The third-order valence-corrected chi connectivity index (χ3v) is 2.53. The molecule has 1 aromatic carbocycles. The Bertz CT molecular complexity index is 546. The number of rotatable bonds is 3. The second-order valence-corrected chi connectivity index (χ2v) is 4.05. The predicted molar refractivity (Wildman–Crippen MR) is 64.7 cm³/mol. The molecule has 0 fully saturated rings. The van der Waals surface area contributed by atoms with Crippen molar-refractivity contribution in [2.24, 2.45) is 7.05 Å². The molecule has 0 aliphatic carbocycles. The van der Waals surface area contributed by atoms with Gasteiger partial charge in [-0.2, -0.15) is 5.10 Å². The first-order valence-electron chi connectivity index (χ1n) is 5.47. The number of hydrogen-bond acceptors (Lipinski definition) is 3. The highest BCUT2D eigenvalue weighted by molar-refractivity contribution is 6.04. The van der Waals surface area contributed by atoms with E-state index in [2.05, 4.69) is 10.4 Å². The monoisotopic (exact) mass is 233 g/mol. The number of aromatic nitrogens is 2. The van der Waals surface area contributed by atoms with Crippen LogP contribution in [0, 0.1) is 0 Å². The van der Waals surface area contributed by atoms with E-state index in [1.807, 2.05) is 24.3 Å². The van der Waals surface area contributed by atoms with Crippen LogP contribution in [0.5, 0.6) is 0 Å². The summed E-state index contributed by atoms with van der Waals surface area (Å²) in [5.74, 6) is -0.261. The minimum atomic E-state index is -0.561. The molecule has 0 saturated heterocycles. The number of nitrogens with zero attached hydrogens (tertiary/aromatic N) is 2. The van der Waals surface area contributed by atoms with E-state index in [1.165, 1.54) is 0 Å². The van der Waals surface area contributed by atoms with Crippen LogP contribution in [0.4, 0.5) is 0 Å². The van der Waals surface area contributed by atoms with Crippen molar-refractivity contribution in [2.75, 3.05) is 6.54 Å². The quantitative estimate of drug-likeness (QED) is 0.819. The van der Waals surface area contributed by atoms with E-state index in [0.29, 0.717) is 5.69 Å². The van der Waals surface area contributed by atoms with E-state index >= 15 is 0 Å². The Morgan fingerprint density at radius 3 is 2.94 bits per heavy atom. The van der Waals surface area contributed by atoms with Gasteiger partial charge in [-0.1, -0.05) is 18.2 Å². The Morgan fingerprint density at radius 1 is 1.53 bits per heavy atom. The van der Waals surface area contributed by atoms with Gasteiger partial charge in [0.05, 0.1) is 11.6 Å². The molecule has 2 aromatic rings. The lowest BCUT2D eigenvalue weighted by atomic mass is 10.2. The summed E-state index contributed by atoms with van der Waals surface area (Å²) in [5.41, 5.74) is 1.30. The van der Waals surface area contributed by atoms with Crippen molar-refractivity contribution in [1.82, 2.24) is 15.1 Å². The van der Waals surface area contributed by atoms with Gasteiger partial charge in [-0.05, 0) is 13.0 Å². The lowest BCUT2D eigenvalue weighted by Gasteiger charge is -2.05. The summed E-state index contributed by atoms with van der Waals surface area (Å²) in [5, 5.41) is 16.8. The largest absolute Gasteiger partial charge is 0.392 e. The van der Waals surface area contributed by atoms with Crippen LogP contribution >= 0.6 is 0 Å². The van der Waals surface area contributed by atoms with Crippen LogP contribution in [0.15, 0.2) is 24.3 Å². The number of aliphatic hydroxyl groups excluding tert-OH is 1. The summed E-state index contributed by atoms with van der Waals surface area (Å²) in [6, 6.07) is 7.55. The average molecular weight is 233 g/mol. The van der Waals surface area contributed by atoms with Gasteiger partial charge in [0.25, 0.3) is 5.91 Å². The second-order valence-electron chi connectivity index (χ2n) is 4.05. The zero-order chi connectivity index (χ0) is 12.4. The van der Waals surface area contributed by atoms with Crippen LogP contribution in [0.2, 0.25) is 0 Å². The molecule has 0 bridgehead atoms. The standard InChI is InChI=1S/C12H15N3O2/c1-8(16)7-13-12(17)11-9-5-3-4-6-10(9)15(2)14-11/h3-6,8,16H,7H2,1-2H3,(H,13,17)/t8-/m1/s1. The Morgan fingerprint density at radius 2 is 2.24 bits per heavy atom. The van der Waals surface area contributed by atoms with Crippen molar-refractivity contribution in [3.05, 3.63) is 30.0 Å². The van der Waals surface area contributed by atoms with E-state index in [0.717, 1.165) is 10.9 Å². The molecule has 0 radical (unpaired) electrons. The van der Waals surface area contributed by atoms with Crippen LogP contribution in [0.1, 0.15) is 17.4 Å². The van der Waals surface area contributed by atoms with Crippen molar-refractivity contribution in [1.29, 1.82) is 0 Å². The van der Waals surface area contributed by atoms with Gasteiger partial charge in [0, 0.05) is 19.0 Å². The minimum absolute atomic E-state index is 0.226. The van der Waals surface area contributed by atoms with Crippen molar-refractivity contribution in [3.63, 3.8) is 0 Å². The number of carbonyl (C=O) groups is 1. The number of nitrogens with one attached hydrogen (secondary N) is 1. The number of amides is 1. The summed E-state index contributed by atoms with van der Waals surface area (Å²) >= 11 is 0. The molecule has 0 aliphatic rings. The number of benzene rings is 1. The predicted octanol–water partition coefficient (Wildman–Crippen LogP) is 0.684.